The van der Waals surface area contributed by atoms with Gasteiger partial charge in [-0.15, -0.1) is 0 Å². The lowest BCUT2D eigenvalue weighted by Crippen LogP contribution is -2.49. The molecule has 3 rings (SSSR count). The zero-order valence-corrected chi connectivity index (χ0v) is 14.7. The van der Waals surface area contributed by atoms with Gasteiger partial charge < -0.3 is 9.80 Å². The normalized spacial score (nSPS) is 16.1. The quantitative estimate of drug-likeness (QED) is 0.832. The minimum Gasteiger partial charge on any atom is -0.368 e. The zero-order valence-electron chi connectivity index (χ0n) is 14.0. The van der Waals surface area contributed by atoms with Crippen molar-refractivity contribution in [2.24, 2.45) is 0 Å². The van der Waals surface area contributed by atoms with E-state index in [1.54, 1.807) is 0 Å². The molecule has 0 radical (unpaired) electrons. The van der Waals surface area contributed by atoms with Crippen molar-refractivity contribution in [3.63, 3.8) is 0 Å². The van der Waals surface area contributed by atoms with Gasteiger partial charge in [-0.2, -0.15) is 0 Å². The molecule has 0 spiro atoms. The van der Waals surface area contributed by atoms with E-state index in [4.69, 9.17) is 11.6 Å². The highest BCUT2D eigenvalue weighted by atomic mass is 35.5. The Kier molecular flexibility index (Phi) is 5.41. The molecule has 0 saturated carbocycles. The van der Waals surface area contributed by atoms with Crippen LogP contribution in [0, 0.1) is 0 Å². The molecule has 1 saturated heterocycles. The summed E-state index contributed by atoms with van der Waals surface area (Å²) in [6.45, 7) is 5.37. The van der Waals surface area contributed by atoms with Crippen LogP contribution in [0.3, 0.4) is 0 Å². The first-order chi connectivity index (χ1) is 11.6. The van der Waals surface area contributed by atoms with Crippen molar-refractivity contribution < 1.29 is 4.79 Å². The molecule has 126 valence electrons. The highest BCUT2D eigenvalue weighted by molar-refractivity contribution is 6.30. The van der Waals surface area contributed by atoms with Gasteiger partial charge in [-0.25, -0.2) is 0 Å². The van der Waals surface area contributed by atoms with E-state index < -0.39 is 0 Å². The van der Waals surface area contributed by atoms with Crippen molar-refractivity contribution in [1.82, 2.24) is 4.90 Å². The summed E-state index contributed by atoms with van der Waals surface area (Å²) >= 11 is 6.07. The second-order valence-corrected chi connectivity index (χ2v) is 6.80. The topological polar surface area (TPSA) is 23.6 Å². The molecule has 2 aromatic rings. The van der Waals surface area contributed by atoms with E-state index in [0.717, 1.165) is 36.9 Å². The fourth-order valence-corrected chi connectivity index (χ4v) is 3.36. The Morgan fingerprint density at radius 1 is 1.04 bits per heavy atom. The number of halogens is 1. The maximum Gasteiger partial charge on any atom is 0.223 e. The molecule has 0 bridgehead atoms. The van der Waals surface area contributed by atoms with Crippen LogP contribution in [0.2, 0.25) is 5.02 Å². The molecular formula is C20H23ClN2O. The van der Waals surface area contributed by atoms with Gasteiger partial charge in [0.15, 0.2) is 0 Å². The summed E-state index contributed by atoms with van der Waals surface area (Å²) in [7, 11) is 0. The van der Waals surface area contributed by atoms with Crippen LogP contribution in [0.5, 0.6) is 0 Å². The third-order valence-corrected chi connectivity index (χ3v) is 4.89. The van der Waals surface area contributed by atoms with Crippen LogP contribution in [0.25, 0.3) is 0 Å². The predicted octanol–water partition coefficient (Wildman–Crippen LogP) is 4.18. The number of anilines is 1. The average molecular weight is 343 g/mol. The Morgan fingerprint density at radius 3 is 2.42 bits per heavy atom. The number of amides is 1. The number of nitrogens with zero attached hydrogens (tertiary/aromatic N) is 2. The summed E-state index contributed by atoms with van der Waals surface area (Å²) in [5.74, 6) is 0.502. The van der Waals surface area contributed by atoms with Crippen molar-refractivity contribution in [2.45, 2.75) is 19.3 Å². The number of rotatable bonds is 4. The van der Waals surface area contributed by atoms with E-state index in [-0.39, 0.29) is 11.8 Å². The highest BCUT2D eigenvalue weighted by Gasteiger charge is 2.23. The van der Waals surface area contributed by atoms with Gasteiger partial charge in [0.25, 0.3) is 0 Å². The SMILES string of the molecule is C[C@@H](CC(=O)N1CCN(c2cccc(Cl)c2)CC1)c1ccccc1. The molecule has 3 nitrogen and oxygen atoms in total. The molecule has 2 aromatic carbocycles. The molecule has 1 fully saturated rings. The molecule has 1 atom stereocenters. The van der Waals surface area contributed by atoms with Gasteiger partial charge >= 0.3 is 0 Å². The molecule has 0 unspecified atom stereocenters. The first-order valence-electron chi connectivity index (χ1n) is 8.47. The standard InChI is InChI=1S/C20H23ClN2O/c1-16(17-6-3-2-4-7-17)14-20(24)23-12-10-22(11-13-23)19-9-5-8-18(21)15-19/h2-9,15-16H,10-14H2,1H3/t16-/m0/s1. The Hall–Kier alpha value is -2.00. The second-order valence-electron chi connectivity index (χ2n) is 6.36. The lowest BCUT2D eigenvalue weighted by molar-refractivity contribution is -0.131. The summed E-state index contributed by atoms with van der Waals surface area (Å²) in [5, 5.41) is 0.752. The fraction of sp³-hybridized carbons (Fsp3) is 0.350. The van der Waals surface area contributed by atoms with Gasteiger partial charge in [0.2, 0.25) is 5.91 Å². The Bertz CT molecular complexity index is 681. The molecule has 1 aliphatic heterocycles. The Labute approximate surface area is 148 Å². The van der Waals surface area contributed by atoms with Crippen molar-refractivity contribution in [1.29, 1.82) is 0 Å². The van der Waals surface area contributed by atoms with Crippen molar-refractivity contribution in [3.8, 4) is 0 Å². The van der Waals surface area contributed by atoms with Crippen LogP contribution in [-0.2, 0) is 4.79 Å². The van der Waals surface area contributed by atoms with Crippen LogP contribution in [0.4, 0.5) is 5.69 Å². The maximum atomic E-state index is 12.6. The Balaban J connectivity index is 1.53. The van der Waals surface area contributed by atoms with Gasteiger partial charge in [0.1, 0.15) is 0 Å². The van der Waals surface area contributed by atoms with Crippen LogP contribution in [-0.4, -0.2) is 37.0 Å². The van der Waals surface area contributed by atoms with E-state index in [9.17, 15) is 4.79 Å². The molecule has 0 aliphatic carbocycles. The first kappa shape index (κ1) is 16.8. The van der Waals surface area contributed by atoms with E-state index in [1.807, 2.05) is 41.3 Å². The number of hydrogen-bond acceptors (Lipinski definition) is 2. The van der Waals surface area contributed by atoms with Gasteiger partial charge in [-0.1, -0.05) is 54.9 Å². The summed E-state index contributed by atoms with van der Waals surface area (Å²) in [4.78, 5) is 16.8. The summed E-state index contributed by atoms with van der Waals surface area (Å²) in [6, 6.07) is 18.2. The highest BCUT2D eigenvalue weighted by Crippen LogP contribution is 2.23. The number of carbonyl (C=O) groups excluding carboxylic acids is 1. The van der Waals surface area contributed by atoms with E-state index in [2.05, 4.69) is 30.0 Å². The molecule has 1 heterocycles. The van der Waals surface area contributed by atoms with E-state index in [1.165, 1.54) is 5.56 Å². The lowest BCUT2D eigenvalue weighted by atomic mass is 9.97. The molecule has 0 aromatic heterocycles. The second kappa shape index (κ2) is 7.71. The molecular weight excluding hydrogens is 320 g/mol. The Morgan fingerprint density at radius 2 is 1.75 bits per heavy atom. The molecule has 0 N–H and O–H groups in total. The van der Waals surface area contributed by atoms with Crippen molar-refractivity contribution >= 4 is 23.2 Å². The van der Waals surface area contributed by atoms with Crippen LogP contribution in [0.1, 0.15) is 24.8 Å². The summed E-state index contributed by atoms with van der Waals surface area (Å²) in [6.07, 6.45) is 0.571. The smallest absolute Gasteiger partial charge is 0.223 e. The fourth-order valence-electron chi connectivity index (χ4n) is 3.18. The third-order valence-electron chi connectivity index (χ3n) is 4.66. The van der Waals surface area contributed by atoms with Gasteiger partial charge in [0, 0.05) is 43.3 Å². The zero-order chi connectivity index (χ0) is 16.9. The summed E-state index contributed by atoms with van der Waals surface area (Å²) < 4.78 is 0. The monoisotopic (exact) mass is 342 g/mol. The van der Waals surface area contributed by atoms with Gasteiger partial charge in [0.05, 0.1) is 0 Å². The van der Waals surface area contributed by atoms with E-state index in [0.29, 0.717) is 6.42 Å². The lowest BCUT2D eigenvalue weighted by Gasteiger charge is -2.36. The molecule has 24 heavy (non-hydrogen) atoms. The number of carbonyl (C=O) groups is 1. The number of piperazine rings is 1. The van der Waals surface area contributed by atoms with Crippen molar-refractivity contribution in [3.05, 3.63) is 65.2 Å². The largest absolute Gasteiger partial charge is 0.368 e. The maximum absolute atomic E-state index is 12.6. The number of hydrogen-bond donors (Lipinski definition) is 0. The minimum absolute atomic E-state index is 0.247. The molecule has 4 heteroatoms. The van der Waals surface area contributed by atoms with Crippen molar-refractivity contribution in [2.75, 3.05) is 31.1 Å². The minimum atomic E-state index is 0.247. The predicted molar refractivity (Wildman–Crippen MR) is 99.7 cm³/mol. The number of benzene rings is 2. The summed E-state index contributed by atoms with van der Waals surface area (Å²) in [5.41, 5.74) is 2.36. The van der Waals surface area contributed by atoms with Crippen LogP contribution in [0.15, 0.2) is 54.6 Å². The van der Waals surface area contributed by atoms with Crippen LogP contribution >= 0.6 is 11.6 Å². The van der Waals surface area contributed by atoms with Gasteiger partial charge in [-0.3, -0.25) is 4.79 Å². The first-order valence-corrected chi connectivity index (χ1v) is 8.84. The van der Waals surface area contributed by atoms with Crippen LogP contribution < -0.4 is 4.90 Å². The molecule has 1 amide bonds. The average Bonchev–Trinajstić information content (AvgIpc) is 2.62. The molecule has 1 aliphatic rings. The third kappa shape index (κ3) is 4.09. The van der Waals surface area contributed by atoms with E-state index >= 15 is 0 Å². The van der Waals surface area contributed by atoms with Gasteiger partial charge in [-0.05, 0) is 29.7 Å².